The van der Waals surface area contributed by atoms with Crippen molar-refractivity contribution in [2.75, 3.05) is 5.32 Å². The lowest BCUT2D eigenvalue weighted by atomic mass is 10.2. The zero-order valence-electron chi connectivity index (χ0n) is 8.71. The molecular formula is C12H8N2O3. The van der Waals surface area contributed by atoms with Crippen LogP contribution in [0.15, 0.2) is 51.2 Å². The number of amides is 1. The molecule has 0 spiro atoms. The molecule has 0 saturated carbocycles. The lowest BCUT2D eigenvalue weighted by molar-refractivity contribution is -0.112. The summed E-state index contributed by atoms with van der Waals surface area (Å²) >= 11 is 0. The molecule has 0 bridgehead atoms. The van der Waals surface area contributed by atoms with Crippen molar-refractivity contribution in [1.82, 2.24) is 0 Å². The Kier molecular flexibility index (Phi) is 3.08. The predicted octanol–water partition coefficient (Wildman–Crippen LogP) is 2.42. The Morgan fingerprint density at radius 3 is 2.65 bits per heavy atom. The second kappa shape index (κ2) is 4.86. The zero-order chi connectivity index (χ0) is 12.1. The van der Waals surface area contributed by atoms with Crippen LogP contribution in [0.25, 0.3) is 6.08 Å². The molecule has 0 saturated heterocycles. The largest absolute Gasteiger partial charge is 0.465 e. The SMILES string of the molecule is N#C/C(=C\c1ccco1)C(=O)Nc1ccco1. The fourth-order valence-corrected chi connectivity index (χ4v) is 1.19. The van der Waals surface area contributed by atoms with Gasteiger partial charge in [0.2, 0.25) is 0 Å². The van der Waals surface area contributed by atoms with Gasteiger partial charge in [0.15, 0.2) is 5.88 Å². The van der Waals surface area contributed by atoms with Crippen molar-refractivity contribution >= 4 is 17.9 Å². The molecule has 0 unspecified atom stereocenters. The van der Waals surface area contributed by atoms with Crippen LogP contribution in [-0.4, -0.2) is 5.91 Å². The van der Waals surface area contributed by atoms with Gasteiger partial charge in [0.25, 0.3) is 5.91 Å². The topological polar surface area (TPSA) is 79.2 Å². The first-order valence-electron chi connectivity index (χ1n) is 4.80. The van der Waals surface area contributed by atoms with Crippen LogP contribution < -0.4 is 5.32 Å². The lowest BCUT2D eigenvalue weighted by Crippen LogP contribution is -2.12. The van der Waals surface area contributed by atoms with Gasteiger partial charge in [-0.25, -0.2) is 0 Å². The molecular weight excluding hydrogens is 220 g/mol. The van der Waals surface area contributed by atoms with Crippen molar-refractivity contribution in [3.8, 4) is 6.07 Å². The third-order valence-electron chi connectivity index (χ3n) is 1.95. The molecule has 2 aromatic rings. The molecule has 1 N–H and O–H groups in total. The van der Waals surface area contributed by atoms with E-state index < -0.39 is 5.91 Å². The number of anilines is 1. The third kappa shape index (κ3) is 2.63. The molecule has 0 atom stereocenters. The summed E-state index contributed by atoms with van der Waals surface area (Å²) in [5, 5.41) is 11.3. The summed E-state index contributed by atoms with van der Waals surface area (Å²) in [6, 6.07) is 8.34. The highest BCUT2D eigenvalue weighted by Crippen LogP contribution is 2.11. The summed E-state index contributed by atoms with van der Waals surface area (Å²) in [7, 11) is 0. The average Bonchev–Trinajstić information content (AvgIpc) is 2.97. The first-order chi connectivity index (χ1) is 8.29. The van der Waals surface area contributed by atoms with E-state index in [4.69, 9.17) is 14.1 Å². The predicted molar refractivity (Wildman–Crippen MR) is 59.6 cm³/mol. The van der Waals surface area contributed by atoms with Crippen molar-refractivity contribution < 1.29 is 13.6 Å². The van der Waals surface area contributed by atoms with Gasteiger partial charge in [0, 0.05) is 12.1 Å². The molecule has 2 rings (SSSR count). The van der Waals surface area contributed by atoms with Crippen LogP contribution in [0.4, 0.5) is 5.88 Å². The lowest BCUT2D eigenvalue weighted by Gasteiger charge is -1.98. The first kappa shape index (κ1) is 10.8. The van der Waals surface area contributed by atoms with Gasteiger partial charge >= 0.3 is 0 Å². The Hall–Kier alpha value is -2.74. The van der Waals surface area contributed by atoms with Crippen LogP contribution in [-0.2, 0) is 4.79 Å². The van der Waals surface area contributed by atoms with Gasteiger partial charge in [-0.15, -0.1) is 0 Å². The molecule has 0 aliphatic carbocycles. The van der Waals surface area contributed by atoms with Gasteiger partial charge in [-0.2, -0.15) is 5.26 Å². The number of hydrogen-bond donors (Lipinski definition) is 1. The average molecular weight is 228 g/mol. The maximum atomic E-state index is 11.7. The maximum absolute atomic E-state index is 11.7. The molecule has 0 aromatic carbocycles. The van der Waals surface area contributed by atoms with Crippen LogP contribution in [0.5, 0.6) is 0 Å². The number of carbonyl (C=O) groups excluding carboxylic acids is 1. The molecule has 2 aromatic heterocycles. The third-order valence-corrected chi connectivity index (χ3v) is 1.95. The summed E-state index contributed by atoms with van der Waals surface area (Å²) < 4.78 is 9.96. The highest BCUT2D eigenvalue weighted by Gasteiger charge is 2.11. The number of hydrogen-bond acceptors (Lipinski definition) is 4. The number of nitrogens with zero attached hydrogens (tertiary/aromatic N) is 1. The van der Waals surface area contributed by atoms with Crippen LogP contribution in [0.2, 0.25) is 0 Å². The van der Waals surface area contributed by atoms with Crippen LogP contribution in [0.3, 0.4) is 0 Å². The van der Waals surface area contributed by atoms with Gasteiger partial charge in [-0.05, 0) is 18.2 Å². The number of nitriles is 1. The minimum Gasteiger partial charge on any atom is -0.465 e. The highest BCUT2D eigenvalue weighted by atomic mass is 16.3. The van der Waals surface area contributed by atoms with Crippen molar-refractivity contribution in [2.24, 2.45) is 0 Å². The van der Waals surface area contributed by atoms with Gasteiger partial charge in [-0.1, -0.05) is 0 Å². The summed E-state index contributed by atoms with van der Waals surface area (Å²) in [5.41, 5.74) is -0.0589. The van der Waals surface area contributed by atoms with E-state index in [1.165, 1.54) is 18.6 Å². The van der Waals surface area contributed by atoms with E-state index >= 15 is 0 Å². The standard InChI is InChI=1S/C12H8N2O3/c13-8-9(7-10-3-1-5-16-10)12(15)14-11-4-2-6-17-11/h1-7H,(H,14,15)/b9-7+. The van der Waals surface area contributed by atoms with Crippen LogP contribution >= 0.6 is 0 Å². The van der Waals surface area contributed by atoms with Gasteiger partial charge in [0.1, 0.15) is 17.4 Å². The molecule has 84 valence electrons. The Morgan fingerprint density at radius 2 is 2.06 bits per heavy atom. The minimum atomic E-state index is -0.543. The number of carbonyl (C=O) groups is 1. The molecule has 0 radical (unpaired) electrons. The van der Waals surface area contributed by atoms with Crippen molar-refractivity contribution in [2.45, 2.75) is 0 Å². The van der Waals surface area contributed by atoms with Gasteiger partial charge in [0.05, 0.1) is 12.5 Å². The molecule has 17 heavy (non-hydrogen) atoms. The van der Waals surface area contributed by atoms with Crippen molar-refractivity contribution in [3.63, 3.8) is 0 Å². The van der Waals surface area contributed by atoms with E-state index in [2.05, 4.69) is 5.32 Å². The molecule has 2 heterocycles. The summed E-state index contributed by atoms with van der Waals surface area (Å²) in [6.45, 7) is 0. The first-order valence-corrected chi connectivity index (χ1v) is 4.80. The van der Waals surface area contributed by atoms with Crippen molar-refractivity contribution in [1.29, 1.82) is 5.26 Å². The van der Waals surface area contributed by atoms with Gasteiger partial charge < -0.3 is 8.83 Å². The summed E-state index contributed by atoms with van der Waals surface area (Å²) in [4.78, 5) is 11.7. The van der Waals surface area contributed by atoms with E-state index in [0.29, 0.717) is 5.76 Å². The monoisotopic (exact) mass is 228 g/mol. The summed E-state index contributed by atoms with van der Waals surface area (Å²) in [6.07, 6.45) is 4.25. The number of nitrogens with one attached hydrogen (secondary N) is 1. The maximum Gasteiger partial charge on any atom is 0.268 e. The fourth-order valence-electron chi connectivity index (χ4n) is 1.19. The Bertz CT molecular complexity index is 559. The van der Waals surface area contributed by atoms with Crippen LogP contribution in [0, 0.1) is 11.3 Å². The zero-order valence-corrected chi connectivity index (χ0v) is 8.71. The summed E-state index contributed by atoms with van der Waals surface area (Å²) in [5.74, 6) is 0.186. The fraction of sp³-hybridized carbons (Fsp3) is 0. The van der Waals surface area contributed by atoms with E-state index in [0.717, 1.165) is 0 Å². The van der Waals surface area contributed by atoms with Gasteiger partial charge in [-0.3, -0.25) is 10.1 Å². The number of furan rings is 2. The highest BCUT2D eigenvalue weighted by molar-refractivity contribution is 6.08. The Balaban J connectivity index is 2.14. The molecule has 0 aliphatic heterocycles. The second-order valence-electron chi connectivity index (χ2n) is 3.12. The van der Waals surface area contributed by atoms with Crippen LogP contribution in [0.1, 0.15) is 5.76 Å². The molecule has 1 amide bonds. The van der Waals surface area contributed by atoms with E-state index in [1.54, 1.807) is 30.3 Å². The minimum absolute atomic E-state index is 0.0589. The molecule has 5 heteroatoms. The second-order valence-corrected chi connectivity index (χ2v) is 3.12. The van der Waals surface area contributed by atoms with Crippen molar-refractivity contribution in [3.05, 3.63) is 48.1 Å². The molecule has 0 aliphatic rings. The number of rotatable bonds is 3. The smallest absolute Gasteiger partial charge is 0.268 e. The molecule has 5 nitrogen and oxygen atoms in total. The Labute approximate surface area is 97.0 Å². The normalized spacial score (nSPS) is 10.9. The van der Waals surface area contributed by atoms with E-state index in [-0.39, 0.29) is 11.5 Å². The van der Waals surface area contributed by atoms with E-state index in [9.17, 15) is 4.79 Å². The van der Waals surface area contributed by atoms with E-state index in [1.807, 2.05) is 0 Å². The Morgan fingerprint density at radius 1 is 1.29 bits per heavy atom. The molecule has 0 fully saturated rings. The quantitative estimate of drug-likeness (QED) is 0.646.